The van der Waals surface area contributed by atoms with Crippen molar-refractivity contribution >= 4 is 0 Å². The van der Waals surface area contributed by atoms with Crippen molar-refractivity contribution < 1.29 is 4.74 Å². The highest BCUT2D eigenvalue weighted by Gasteiger charge is 2.48. The summed E-state index contributed by atoms with van der Waals surface area (Å²) >= 11 is 0. The second-order valence-corrected chi connectivity index (χ2v) is 5.30. The molecule has 2 aliphatic heterocycles. The molecule has 0 amide bonds. The van der Waals surface area contributed by atoms with Gasteiger partial charge in [0.2, 0.25) is 0 Å². The molecule has 1 N–H and O–H groups in total. The molecule has 4 atom stereocenters. The zero-order valence-electron chi connectivity index (χ0n) is 8.38. The number of fused-ring (bicyclic) bond motifs is 1. The number of hydrogen-bond acceptors (Lipinski definition) is 2. The van der Waals surface area contributed by atoms with E-state index in [9.17, 15) is 0 Å². The summed E-state index contributed by atoms with van der Waals surface area (Å²) < 4.78 is 5.91. The Kier molecular flexibility index (Phi) is 1.72. The van der Waals surface area contributed by atoms with Crippen molar-refractivity contribution in [1.29, 1.82) is 0 Å². The maximum atomic E-state index is 5.91. The topological polar surface area (TPSA) is 21.3 Å². The lowest BCUT2D eigenvalue weighted by molar-refractivity contribution is 0.0178. The molecule has 0 radical (unpaired) electrons. The van der Waals surface area contributed by atoms with Crippen LogP contribution in [0, 0.1) is 11.8 Å². The summed E-state index contributed by atoms with van der Waals surface area (Å²) in [7, 11) is 2.13. The Hall–Kier alpha value is -0.0800. The Morgan fingerprint density at radius 1 is 1.15 bits per heavy atom. The third-order valence-corrected chi connectivity index (χ3v) is 4.34. The van der Waals surface area contributed by atoms with Gasteiger partial charge in [0.1, 0.15) is 0 Å². The highest BCUT2D eigenvalue weighted by Crippen LogP contribution is 2.48. The first-order valence-electron chi connectivity index (χ1n) is 5.60. The van der Waals surface area contributed by atoms with Crippen LogP contribution in [-0.2, 0) is 4.74 Å². The van der Waals surface area contributed by atoms with Crippen LogP contribution < -0.4 is 5.32 Å². The van der Waals surface area contributed by atoms with E-state index in [0.717, 1.165) is 18.4 Å². The van der Waals surface area contributed by atoms with Crippen LogP contribution in [0.3, 0.4) is 0 Å². The van der Waals surface area contributed by atoms with Gasteiger partial charge in [0, 0.05) is 12.1 Å². The van der Waals surface area contributed by atoms with Gasteiger partial charge in [0.25, 0.3) is 0 Å². The van der Waals surface area contributed by atoms with Crippen LogP contribution in [0.5, 0.6) is 0 Å². The van der Waals surface area contributed by atoms with E-state index in [2.05, 4.69) is 12.4 Å². The number of ether oxygens (including phenoxy) is 1. The third-order valence-electron chi connectivity index (χ3n) is 4.34. The van der Waals surface area contributed by atoms with Crippen molar-refractivity contribution in [3.05, 3.63) is 0 Å². The first kappa shape index (κ1) is 8.25. The first-order valence-corrected chi connectivity index (χ1v) is 5.60. The van der Waals surface area contributed by atoms with E-state index in [1.165, 1.54) is 32.1 Å². The van der Waals surface area contributed by atoms with E-state index in [4.69, 9.17) is 4.74 Å². The molecule has 2 saturated heterocycles. The minimum Gasteiger partial charge on any atom is -0.378 e. The van der Waals surface area contributed by atoms with Crippen LogP contribution in [-0.4, -0.2) is 25.3 Å². The second-order valence-electron chi connectivity index (χ2n) is 5.30. The predicted molar refractivity (Wildman–Crippen MR) is 51.6 cm³/mol. The standard InChI is InChI=1S/C11H19NO/c1-12-11-4-8-2-9(5-11)7-13-10(3-8)6-11/h8-10,12H,2-7H2,1H3. The van der Waals surface area contributed by atoms with Crippen LogP contribution in [0.25, 0.3) is 0 Å². The first-order chi connectivity index (χ1) is 6.30. The molecule has 2 saturated carbocycles. The van der Waals surface area contributed by atoms with Gasteiger partial charge in [-0.3, -0.25) is 0 Å². The zero-order valence-corrected chi connectivity index (χ0v) is 8.38. The molecule has 4 rings (SSSR count). The molecule has 2 heteroatoms. The quantitative estimate of drug-likeness (QED) is 0.662. The lowest BCUT2D eigenvalue weighted by Gasteiger charge is -2.47. The maximum Gasteiger partial charge on any atom is 0.0595 e. The van der Waals surface area contributed by atoms with E-state index in [0.29, 0.717) is 11.6 Å². The van der Waals surface area contributed by atoms with Gasteiger partial charge in [-0.2, -0.15) is 0 Å². The summed E-state index contributed by atoms with van der Waals surface area (Å²) in [4.78, 5) is 0. The monoisotopic (exact) mass is 181 g/mol. The van der Waals surface area contributed by atoms with Crippen molar-refractivity contribution in [2.45, 2.75) is 43.7 Å². The second kappa shape index (κ2) is 2.71. The summed E-state index contributed by atoms with van der Waals surface area (Å²) in [5, 5.41) is 3.57. The molecular formula is C11H19NO. The predicted octanol–water partition coefficient (Wildman–Crippen LogP) is 1.55. The molecule has 4 fully saturated rings. The largest absolute Gasteiger partial charge is 0.378 e. The fourth-order valence-electron chi connectivity index (χ4n) is 3.90. The van der Waals surface area contributed by atoms with Gasteiger partial charge in [-0.1, -0.05) is 0 Å². The summed E-state index contributed by atoms with van der Waals surface area (Å²) in [5.74, 6) is 1.80. The Bertz CT molecular complexity index is 200. The van der Waals surface area contributed by atoms with E-state index >= 15 is 0 Å². The molecule has 13 heavy (non-hydrogen) atoms. The van der Waals surface area contributed by atoms with E-state index in [1.54, 1.807) is 0 Å². The molecule has 4 bridgehead atoms. The van der Waals surface area contributed by atoms with Crippen LogP contribution in [0.15, 0.2) is 0 Å². The highest BCUT2D eigenvalue weighted by molar-refractivity contribution is 5.03. The highest BCUT2D eigenvalue weighted by atomic mass is 16.5. The molecule has 4 aliphatic rings. The van der Waals surface area contributed by atoms with Crippen LogP contribution >= 0.6 is 0 Å². The molecule has 2 heterocycles. The van der Waals surface area contributed by atoms with Crippen molar-refractivity contribution in [1.82, 2.24) is 5.32 Å². The minimum absolute atomic E-state index is 0.451. The fourth-order valence-corrected chi connectivity index (χ4v) is 3.90. The molecule has 2 aliphatic carbocycles. The molecule has 2 nitrogen and oxygen atoms in total. The normalized spacial score (nSPS) is 53.8. The van der Waals surface area contributed by atoms with E-state index < -0.39 is 0 Å². The number of nitrogens with one attached hydrogen (secondary N) is 1. The number of rotatable bonds is 1. The van der Waals surface area contributed by atoms with Gasteiger partial charge in [-0.15, -0.1) is 0 Å². The van der Waals surface area contributed by atoms with Crippen LogP contribution in [0.1, 0.15) is 32.1 Å². The van der Waals surface area contributed by atoms with Crippen LogP contribution in [0.4, 0.5) is 0 Å². The molecule has 0 aromatic carbocycles. The molecule has 0 aromatic rings. The Morgan fingerprint density at radius 2 is 2.00 bits per heavy atom. The van der Waals surface area contributed by atoms with E-state index in [-0.39, 0.29) is 0 Å². The van der Waals surface area contributed by atoms with Gasteiger partial charge >= 0.3 is 0 Å². The Morgan fingerprint density at radius 3 is 2.85 bits per heavy atom. The van der Waals surface area contributed by atoms with Crippen molar-refractivity contribution in [2.24, 2.45) is 11.8 Å². The fraction of sp³-hybridized carbons (Fsp3) is 1.00. The Balaban J connectivity index is 1.92. The smallest absolute Gasteiger partial charge is 0.0595 e. The lowest BCUT2D eigenvalue weighted by Crippen LogP contribution is -2.53. The summed E-state index contributed by atoms with van der Waals surface area (Å²) in [6.07, 6.45) is 7.35. The van der Waals surface area contributed by atoms with Gasteiger partial charge in [-0.05, 0) is 51.0 Å². The Labute approximate surface area is 80.0 Å². The van der Waals surface area contributed by atoms with Gasteiger partial charge in [0.05, 0.1) is 6.10 Å². The van der Waals surface area contributed by atoms with Crippen molar-refractivity contribution in [3.8, 4) is 0 Å². The van der Waals surface area contributed by atoms with Gasteiger partial charge in [0.15, 0.2) is 0 Å². The zero-order chi connectivity index (χ0) is 8.89. The SMILES string of the molecule is CNC12CC3COC(CC(C3)C1)C2. The molecule has 74 valence electrons. The van der Waals surface area contributed by atoms with Gasteiger partial charge < -0.3 is 10.1 Å². The summed E-state index contributed by atoms with van der Waals surface area (Å²) in [5.41, 5.74) is 0.451. The maximum absolute atomic E-state index is 5.91. The van der Waals surface area contributed by atoms with E-state index in [1.807, 2.05) is 0 Å². The average molecular weight is 181 g/mol. The molecule has 0 spiro atoms. The van der Waals surface area contributed by atoms with Crippen molar-refractivity contribution in [3.63, 3.8) is 0 Å². The molecular weight excluding hydrogens is 162 g/mol. The van der Waals surface area contributed by atoms with Crippen LogP contribution in [0.2, 0.25) is 0 Å². The minimum atomic E-state index is 0.451. The average Bonchev–Trinajstić information content (AvgIpc) is 2.33. The molecule has 0 aromatic heterocycles. The van der Waals surface area contributed by atoms with Gasteiger partial charge in [-0.25, -0.2) is 0 Å². The number of hydrogen-bond donors (Lipinski definition) is 1. The molecule has 4 unspecified atom stereocenters. The lowest BCUT2D eigenvalue weighted by atomic mass is 9.64. The van der Waals surface area contributed by atoms with Crippen molar-refractivity contribution in [2.75, 3.05) is 13.7 Å². The third kappa shape index (κ3) is 1.23. The summed E-state index contributed by atoms with van der Waals surface area (Å²) in [6, 6.07) is 0. The summed E-state index contributed by atoms with van der Waals surface area (Å²) in [6.45, 7) is 1.03.